The molecule has 1 saturated heterocycles. The summed E-state index contributed by atoms with van der Waals surface area (Å²) in [5.74, 6) is 0.572. The number of aromatic nitrogens is 2. The number of pyridine rings is 1. The molecule has 3 heterocycles. The molecular weight excluding hydrogens is 753 g/mol. The summed E-state index contributed by atoms with van der Waals surface area (Å²) in [6.45, 7) is 2.50. The monoisotopic (exact) mass is 787 g/mol. The summed E-state index contributed by atoms with van der Waals surface area (Å²) in [5.41, 5.74) is 2.09. The SMILES string of the molecule is Br.CN(C(=O)c1ccc(C(F)(F)F)cc1)c1ccc(Oc2ccc3c(c2)cc(C(=O)N2CCN(Cc4ccc(OCC(F)F)cc4)CC2)n3C)nc1. The largest absolute Gasteiger partial charge is 0.488 e. The molecule has 0 unspecified atom stereocenters. The second-order valence-corrected chi connectivity index (χ2v) is 12.1. The predicted octanol–water partition coefficient (Wildman–Crippen LogP) is 7.84. The van der Waals surface area contributed by atoms with Crippen LogP contribution in [0.1, 0.15) is 32.0 Å². The summed E-state index contributed by atoms with van der Waals surface area (Å²) in [4.78, 5) is 36.0. The van der Waals surface area contributed by atoms with Crippen LogP contribution in [-0.2, 0) is 19.8 Å². The molecule has 0 bridgehead atoms. The van der Waals surface area contributed by atoms with Gasteiger partial charge < -0.3 is 23.8 Å². The van der Waals surface area contributed by atoms with E-state index in [0.29, 0.717) is 55.6 Å². The number of anilines is 1. The molecule has 3 aromatic carbocycles. The van der Waals surface area contributed by atoms with Gasteiger partial charge in [0.15, 0.2) is 0 Å². The Hall–Kier alpha value is -5.02. The fourth-order valence-corrected chi connectivity index (χ4v) is 5.84. The Kier molecular flexibility index (Phi) is 11.8. The Morgan fingerprint density at radius 1 is 0.885 bits per heavy atom. The van der Waals surface area contributed by atoms with Gasteiger partial charge in [0, 0.05) is 69.4 Å². The van der Waals surface area contributed by atoms with Gasteiger partial charge in [0.05, 0.1) is 17.4 Å². The minimum Gasteiger partial charge on any atom is -0.488 e. The maximum Gasteiger partial charge on any atom is 0.416 e. The van der Waals surface area contributed by atoms with Crippen molar-refractivity contribution in [3.05, 3.63) is 114 Å². The van der Waals surface area contributed by atoms with E-state index in [1.165, 1.54) is 18.1 Å². The van der Waals surface area contributed by atoms with E-state index in [2.05, 4.69) is 9.88 Å². The van der Waals surface area contributed by atoms with Gasteiger partial charge in [-0.05, 0) is 72.3 Å². The molecule has 6 rings (SSSR count). The number of aryl methyl sites for hydroxylation is 1. The first-order valence-electron chi connectivity index (χ1n) is 16.1. The summed E-state index contributed by atoms with van der Waals surface area (Å²) >= 11 is 0. The van der Waals surface area contributed by atoms with E-state index >= 15 is 0 Å². The predicted molar refractivity (Wildman–Crippen MR) is 191 cm³/mol. The number of piperazine rings is 1. The first-order valence-corrected chi connectivity index (χ1v) is 16.1. The van der Waals surface area contributed by atoms with E-state index in [-0.39, 0.29) is 34.3 Å². The summed E-state index contributed by atoms with van der Waals surface area (Å²) in [6, 6.07) is 21.5. The lowest BCUT2D eigenvalue weighted by atomic mass is 10.1. The number of amides is 2. The first-order chi connectivity index (χ1) is 24.4. The van der Waals surface area contributed by atoms with Crippen LogP contribution in [-0.4, -0.2) is 77.4 Å². The van der Waals surface area contributed by atoms with Crippen LogP contribution in [0.3, 0.4) is 0 Å². The Labute approximate surface area is 306 Å². The third-order valence-corrected chi connectivity index (χ3v) is 8.69. The lowest BCUT2D eigenvalue weighted by Gasteiger charge is -2.34. The Bertz CT molecular complexity index is 2000. The van der Waals surface area contributed by atoms with Gasteiger partial charge in [0.1, 0.15) is 23.8 Å². The van der Waals surface area contributed by atoms with Crippen LogP contribution in [0.5, 0.6) is 17.4 Å². The lowest BCUT2D eigenvalue weighted by molar-refractivity contribution is -0.137. The van der Waals surface area contributed by atoms with Crippen molar-refractivity contribution >= 4 is 45.4 Å². The molecule has 1 aliphatic heterocycles. The summed E-state index contributed by atoms with van der Waals surface area (Å²) < 4.78 is 76.3. The van der Waals surface area contributed by atoms with Crippen molar-refractivity contribution in [2.45, 2.75) is 19.1 Å². The minimum absolute atomic E-state index is 0. The van der Waals surface area contributed by atoms with Gasteiger partial charge >= 0.3 is 6.18 Å². The highest BCUT2D eigenvalue weighted by atomic mass is 79.9. The van der Waals surface area contributed by atoms with Crippen molar-refractivity contribution in [1.29, 1.82) is 0 Å². The minimum atomic E-state index is -4.49. The third-order valence-electron chi connectivity index (χ3n) is 8.69. The molecule has 0 radical (unpaired) electrons. The highest BCUT2D eigenvalue weighted by molar-refractivity contribution is 8.93. The first kappa shape index (κ1) is 38.2. The highest BCUT2D eigenvalue weighted by Crippen LogP contribution is 2.31. The van der Waals surface area contributed by atoms with Crippen LogP contribution in [0.15, 0.2) is 91.1 Å². The number of alkyl halides is 5. The van der Waals surface area contributed by atoms with Crippen LogP contribution in [0.2, 0.25) is 0 Å². The van der Waals surface area contributed by atoms with Gasteiger partial charge in [-0.1, -0.05) is 12.1 Å². The van der Waals surface area contributed by atoms with Crippen molar-refractivity contribution in [3.63, 3.8) is 0 Å². The molecule has 52 heavy (non-hydrogen) atoms. The number of nitrogens with zero attached hydrogens (tertiary/aromatic N) is 5. The third kappa shape index (κ3) is 8.88. The fourth-order valence-electron chi connectivity index (χ4n) is 5.84. The summed E-state index contributed by atoms with van der Waals surface area (Å²) in [6.07, 6.45) is -5.59. The van der Waals surface area contributed by atoms with Crippen LogP contribution >= 0.6 is 17.0 Å². The molecule has 0 saturated carbocycles. The number of halogens is 6. The normalized spacial score (nSPS) is 13.6. The van der Waals surface area contributed by atoms with Gasteiger partial charge in [-0.2, -0.15) is 13.2 Å². The maximum absolute atomic E-state index is 13.6. The topological polar surface area (TPSA) is 80.1 Å². The Morgan fingerprint density at radius 3 is 2.17 bits per heavy atom. The second-order valence-electron chi connectivity index (χ2n) is 12.1. The molecule has 2 amide bonds. The van der Waals surface area contributed by atoms with Crippen molar-refractivity contribution in [3.8, 4) is 17.4 Å². The van der Waals surface area contributed by atoms with Gasteiger partial charge in [-0.3, -0.25) is 14.5 Å². The molecule has 1 fully saturated rings. The molecule has 15 heteroatoms. The van der Waals surface area contributed by atoms with E-state index < -0.39 is 30.7 Å². The molecule has 274 valence electrons. The summed E-state index contributed by atoms with van der Waals surface area (Å²) in [5, 5.41) is 0.802. The van der Waals surface area contributed by atoms with Crippen molar-refractivity contribution in [1.82, 2.24) is 19.4 Å². The lowest BCUT2D eigenvalue weighted by Crippen LogP contribution is -2.48. The van der Waals surface area contributed by atoms with Crippen molar-refractivity contribution in [2.24, 2.45) is 7.05 Å². The number of carbonyl (C=O) groups is 2. The second kappa shape index (κ2) is 16.1. The van der Waals surface area contributed by atoms with Crippen LogP contribution in [0.25, 0.3) is 10.9 Å². The van der Waals surface area contributed by atoms with Crippen molar-refractivity contribution in [2.75, 3.05) is 44.7 Å². The quantitative estimate of drug-likeness (QED) is 0.134. The van der Waals surface area contributed by atoms with Gasteiger partial charge in [-0.25, -0.2) is 13.8 Å². The zero-order chi connectivity index (χ0) is 36.3. The van der Waals surface area contributed by atoms with E-state index in [9.17, 15) is 31.5 Å². The molecule has 9 nitrogen and oxygen atoms in total. The number of rotatable bonds is 10. The maximum atomic E-state index is 13.6. The number of hydrogen-bond acceptors (Lipinski definition) is 6. The van der Waals surface area contributed by atoms with Crippen molar-refractivity contribution < 1.29 is 41.0 Å². The molecule has 5 aromatic rings. The molecular formula is C37H35BrF5N5O4. The van der Waals surface area contributed by atoms with E-state index in [0.717, 1.165) is 40.7 Å². The Morgan fingerprint density at radius 2 is 1.56 bits per heavy atom. The van der Waals surface area contributed by atoms with Crippen LogP contribution in [0.4, 0.5) is 27.6 Å². The number of benzene rings is 3. The van der Waals surface area contributed by atoms with E-state index in [1.54, 1.807) is 30.3 Å². The Balaban J connectivity index is 0.00000523. The van der Waals surface area contributed by atoms with Crippen LogP contribution in [0, 0.1) is 0 Å². The fraction of sp³-hybridized carbons (Fsp3) is 0.270. The summed E-state index contributed by atoms with van der Waals surface area (Å²) in [7, 11) is 3.34. The molecule has 1 aliphatic rings. The number of fused-ring (bicyclic) bond motifs is 1. The van der Waals surface area contributed by atoms with Gasteiger partial charge in [-0.15, -0.1) is 17.0 Å². The van der Waals surface area contributed by atoms with E-state index in [4.69, 9.17) is 9.47 Å². The number of ether oxygens (including phenoxy) is 2. The molecule has 0 spiro atoms. The highest BCUT2D eigenvalue weighted by Gasteiger charge is 2.30. The molecule has 0 N–H and O–H groups in total. The molecule has 0 atom stereocenters. The number of carbonyl (C=O) groups excluding carboxylic acids is 2. The number of hydrogen-bond donors (Lipinski definition) is 0. The smallest absolute Gasteiger partial charge is 0.416 e. The average molecular weight is 789 g/mol. The molecule has 0 aliphatic carbocycles. The average Bonchev–Trinajstić information content (AvgIpc) is 3.45. The van der Waals surface area contributed by atoms with Crippen LogP contribution < -0.4 is 14.4 Å². The zero-order valence-electron chi connectivity index (χ0n) is 28.1. The molecule has 2 aromatic heterocycles. The zero-order valence-corrected chi connectivity index (χ0v) is 29.9. The standard InChI is InChI=1S/C37H34F5N5O4.BrH/c1-44(35(48)25-5-7-27(8-6-25)37(40,41)42)28-9-14-34(43-21-28)51-30-12-13-31-26(19-30)20-32(45(31)2)36(49)47-17-15-46(16-18-47)22-24-3-10-29(11-4-24)50-23-33(38)39;/h3-14,19-21,33H,15-18,22-23H2,1-2H3;1H. The van der Waals surface area contributed by atoms with Gasteiger partial charge in [0.2, 0.25) is 5.88 Å². The van der Waals surface area contributed by atoms with E-state index in [1.807, 2.05) is 46.8 Å². The van der Waals surface area contributed by atoms with Gasteiger partial charge in [0.25, 0.3) is 18.2 Å².